The van der Waals surface area contributed by atoms with Crippen LogP contribution in [0.3, 0.4) is 0 Å². The molecular weight excluding hydrogens is 302 g/mol. The Bertz CT molecular complexity index is 744. The lowest BCUT2D eigenvalue weighted by Gasteiger charge is -2.17. The minimum Gasteiger partial charge on any atom is -0.387 e. The highest BCUT2D eigenvalue weighted by atomic mass is 35.5. The molecule has 1 aliphatic rings. The van der Waals surface area contributed by atoms with Crippen molar-refractivity contribution in [1.29, 1.82) is 0 Å². The minimum absolute atomic E-state index is 0.0337. The number of ether oxygens (including phenoxy) is 1. The number of aromatic nitrogens is 4. The van der Waals surface area contributed by atoms with Crippen LogP contribution < -0.4 is 11.3 Å². The average molecular weight is 316 g/mol. The van der Waals surface area contributed by atoms with Crippen molar-refractivity contribution >= 4 is 22.8 Å². The third kappa shape index (κ3) is 2.14. The average Bonchev–Trinajstić information content (AvgIpc) is 2.89. The Kier molecular flexibility index (Phi) is 3.46. The van der Waals surface area contributed by atoms with Gasteiger partial charge >= 0.3 is 0 Å². The van der Waals surface area contributed by atoms with Crippen molar-refractivity contribution in [2.45, 2.75) is 31.5 Å². The molecule has 2 aromatic heterocycles. The fourth-order valence-electron chi connectivity index (χ4n) is 2.43. The number of nitrogens with one attached hydrogen (secondary N) is 1. The van der Waals surface area contributed by atoms with Crippen LogP contribution >= 0.6 is 11.6 Å². The van der Waals surface area contributed by atoms with E-state index in [1.807, 2.05) is 0 Å². The van der Waals surface area contributed by atoms with E-state index in [0.29, 0.717) is 5.82 Å². The van der Waals surface area contributed by atoms with Gasteiger partial charge in [0.05, 0.1) is 0 Å². The predicted molar refractivity (Wildman–Crippen MR) is 72.9 cm³/mol. The van der Waals surface area contributed by atoms with E-state index in [1.165, 1.54) is 4.57 Å². The summed E-state index contributed by atoms with van der Waals surface area (Å²) in [6.07, 6.45) is -4.16. The van der Waals surface area contributed by atoms with E-state index in [1.54, 1.807) is 6.92 Å². The molecular formula is C11H14ClN5O4. The van der Waals surface area contributed by atoms with Gasteiger partial charge in [0.2, 0.25) is 5.28 Å². The molecule has 3 heterocycles. The van der Waals surface area contributed by atoms with Gasteiger partial charge in [-0.3, -0.25) is 9.36 Å². The highest BCUT2D eigenvalue weighted by Crippen LogP contribution is 2.33. The second kappa shape index (κ2) is 5.04. The van der Waals surface area contributed by atoms with Crippen LogP contribution in [0.1, 0.15) is 12.1 Å². The van der Waals surface area contributed by atoms with Crippen LogP contribution in [0.25, 0.3) is 11.2 Å². The fraction of sp³-hybridized carbons (Fsp3) is 0.545. The Labute approximate surface area is 123 Å². The van der Waals surface area contributed by atoms with Gasteiger partial charge in [-0.1, -0.05) is 0 Å². The van der Waals surface area contributed by atoms with Crippen molar-refractivity contribution in [2.75, 3.05) is 6.54 Å². The van der Waals surface area contributed by atoms with Gasteiger partial charge in [-0.25, -0.2) is 9.97 Å². The lowest BCUT2D eigenvalue weighted by atomic mass is 10.1. The Balaban J connectivity index is 2.17. The van der Waals surface area contributed by atoms with Crippen LogP contribution in [0.4, 0.5) is 0 Å². The maximum atomic E-state index is 11.8. The van der Waals surface area contributed by atoms with Crippen LogP contribution in [0.2, 0.25) is 5.28 Å². The molecule has 3 rings (SSSR count). The van der Waals surface area contributed by atoms with Crippen molar-refractivity contribution in [2.24, 2.45) is 5.73 Å². The van der Waals surface area contributed by atoms with E-state index >= 15 is 0 Å². The van der Waals surface area contributed by atoms with Gasteiger partial charge in [0.15, 0.2) is 17.4 Å². The molecule has 5 N–H and O–H groups in total. The van der Waals surface area contributed by atoms with E-state index < -0.39 is 30.1 Å². The van der Waals surface area contributed by atoms with Crippen molar-refractivity contribution in [3.63, 3.8) is 0 Å². The molecule has 0 amide bonds. The van der Waals surface area contributed by atoms with Crippen LogP contribution in [0.15, 0.2) is 4.79 Å². The fourth-order valence-corrected chi connectivity index (χ4v) is 2.69. The zero-order valence-electron chi connectivity index (χ0n) is 11.0. The first kappa shape index (κ1) is 14.4. The number of halogens is 1. The number of aryl methyl sites for hydroxylation is 1. The number of aliphatic hydroxyl groups is 2. The van der Waals surface area contributed by atoms with E-state index in [2.05, 4.69) is 15.0 Å². The molecule has 10 heteroatoms. The number of aliphatic hydroxyl groups excluding tert-OH is 2. The summed E-state index contributed by atoms with van der Waals surface area (Å²) in [5.41, 5.74) is 5.24. The minimum atomic E-state index is -1.25. The van der Waals surface area contributed by atoms with Gasteiger partial charge in [-0.2, -0.15) is 0 Å². The zero-order chi connectivity index (χ0) is 15.3. The molecule has 1 aliphatic heterocycles. The van der Waals surface area contributed by atoms with Gasteiger partial charge in [0.1, 0.15) is 24.1 Å². The van der Waals surface area contributed by atoms with Gasteiger partial charge in [-0.05, 0) is 18.5 Å². The number of imidazole rings is 1. The van der Waals surface area contributed by atoms with Gasteiger partial charge in [0, 0.05) is 6.54 Å². The normalized spacial score (nSPS) is 29.4. The molecule has 0 aliphatic carbocycles. The number of fused-ring (bicyclic) bond motifs is 1. The molecule has 1 saturated heterocycles. The molecule has 0 radical (unpaired) electrons. The molecule has 9 nitrogen and oxygen atoms in total. The van der Waals surface area contributed by atoms with Crippen LogP contribution in [-0.2, 0) is 4.74 Å². The van der Waals surface area contributed by atoms with Crippen molar-refractivity contribution < 1.29 is 14.9 Å². The van der Waals surface area contributed by atoms with Crippen LogP contribution in [0, 0.1) is 6.92 Å². The molecule has 0 unspecified atom stereocenters. The monoisotopic (exact) mass is 315 g/mol. The number of nitrogens with two attached hydrogens (primary N) is 1. The Morgan fingerprint density at radius 3 is 2.76 bits per heavy atom. The quantitative estimate of drug-likeness (QED) is 0.503. The lowest BCUT2D eigenvalue weighted by Crippen LogP contribution is -2.35. The van der Waals surface area contributed by atoms with Crippen molar-refractivity contribution in [3.05, 3.63) is 21.5 Å². The third-order valence-electron chi connectivity index (χ3n) is 3.45. The Morgan fingerprint density at radius 2 is 2.14 bits per heavy atom. The Morgan fingerprint density at radius 1 is 1.43 bits per heavy atom. The molecule has 0 aromatic carbocycles. The molecule has 114 valence electrons. The molecule has 1 fully saturated rings. The summed E-state index contributed by atoms with van der Waals surface area (Å²) in [6, 6.07) is 0. The largest absolute Gasteiger partial charge is 0.387 e. The molecule has 0 bridgehead atoms. The third-order valence-corrected chi connectivity index (χ3v) is 3.72. The lowest BCUT2D eigenvalue weighted by molar-refractivity contribution is -0.0320. The summed E-state index contributed by atoms with van der Waals surface area (Å²) in [4.78, 5) is 22.4. The SMILES string of the molecule is Cc1nc2c(nc(Cl)n2[C@@H]2O[C@H](CN)[C@@H](O)[C@H]2O)c(=O)[nH]1. The highest BCUT2D eigenvalue weighted by Gasteiger charge is 2.44. The number of H-pyrrole nitrogens is 1. The standard InChI is InChI=1S/C11H14ClN5O4/c1-3-14-8-5(9(20)15-3)16-11(12)17(8)10-7(19)6(18)4(2-13)21-10/h4,6-7,10,18-19H,2,13H2,1H3,(H,14,15,20)/t4-,6-,7-,10-/m1/s1. The molecule has 4 atom stereocenters. The summed E-state index contributed by atoms with van der Waals surface area (Å²) in [7, 11) is 0. The van der Waals surface area contributed by atoms with Crippen molar-refractivity contribution in [3.8, 4) is 0 Å². The second-order valence-corrected chi connectivity index (χ2v) is 5.19. The maximum Gasteiger partial charge on any atom is 0.279 e. The molecule has 0 saturated carbocycles. The summed E-state index contributed by atoms with van der Waals surface area (Å²) < 4.78 is 6.79. The Hall–Kier alpha value is -1.52. The number of rotatable bonds is 2. The van der Waals surface area contributed by atoms with Gasteiger partial charge in [-0.15, -0.1) is 0 Å². The molecule has 2 aromatic rings. The van der Waals surface area contributed by atoms with E-state index in [-0.39, 0.29) is 23.0 Å². The van der Waals surface area contributed by atoms with E-state index in [4.69, 9.17) is 22.1 Å². The predicted octanol–water partition coefficient (Wildman–Crippen LogP) is -1.34. The first-order valence-corrected chi connectivity index (χ1v) is 6.68. The van der Waals surface area contributed by atoms with Crippen LogP contribution in [-0.4, -0.2) is 54.6 Å². The maximum absolute atomic E-state index is 11.8. The first-order valence-electron chi connectivity index (χ1n) is 6.30. The molecule has 0 spiro atoms. The second-order valence-electron chi connectivity index (χ2n) is 4.86. The van der Waals surface area contributed by atoms with E-state index in [9.17, 15) is 15.0 Å². The number of aromatic amines is 1. The van der Waals surface area contributed by atoms with Gasteiger partial charge in [0.25, 0.3) is 5.56 Å². The summed E-state index contributed by atoms with van der Waals surface area (Å²) in [6.45, 7) is 1.64. The number of nitrogens with zero attached hydrogens (tertiary/aromatic N) is 3. The van der Waals surface area contributed by atoms with E-state index in [0.717, 1.165) is 0 Å². The summed E-state index contributed by atoms with van der Waals surface area (Å²) in [5, 5.41) is 19.9. The molecule has 21 heavy (non-hydrogen) atoms. The smallest absolute Gasteiger partial charge is 0.279 e. The summed E-state index contributed by atoms with van der Waals surface area (Å²) >= 11 is 6.03. The first-order chi connectivity index (χ1) is 9.93. The zero-order valence-corrected chi connectivity index (χ0v) is 11.8. The highest BCUT2D eigenvalue weighted by molar-refractivity contribution is 6.29. The van der Waals surface area contributed by atoms with Gasteiger partial charge < -0.3 is 25.7 Å². The number of hydrogen-bond acceptors (Lipinski definition) is 7. The number of hydrogen-bond donors (Lipinski definition) is 4. The topological polar surface area (TPSA) is 139 Å². The summed E-state index contributed by atoms with van der Waals surface area (Å²) in [5.74, 6) is 0.369. The van der Waals surface area contributed by atoms with Crippen molar-refractivity contribution in [1.82, 2.24) is 19.5 Å². The van der Waals surface area contributed by atoms with Crippen LogP contribution in [0.5, 0.6) is 0 Å².